The van der Waals surface area contributed by atoms with E-state index in [2.05, 4.69) is 9.80 Å². The van der Waals surface area contributed by atoms with E-state index in [0.717, 1.165) is 32.2 Å². The number of benzene rings is 1. The topological polar surface area (TPSA) is 43.8 Å². The molecule has 1 N–H and O–H groups in total. The minimum Gasteiger partial charge on any atom is -0.481 e. The molecular weight excluding hydrogens is 278 g/mol. The number of nitrogens with zero attached hydrogens (tertiary/aromatic N) is 2. The summed E-state index contributed by atoms with van der Waals surface area (Å²) in [6.45, 7) is 5.47. The van der Waals surface area contributed by atoms with Crippen LogP contribution in [-0.4, -0.2) is 53.6 Å². The van der Waals surface area contributed by atoms with E-state index in [0.29, 0.717) is 12.1 Å². The minimum atomic E-state index is -0.792. The Morgan fingerprint density at radius 3 is 2.52 bits per heavy atom. The van der Waals surface area contributed by atoms with Gasteiger partial charge in [0.15, 0.2) is 0 Å². The molecule has 0 unspecified atom stereocenters. The average molecular weight is 298 g/mol. The molecule has 1 aromatic rings. The van der Waals surface area contributed by atoms with Crippen molar-refractivity contribution in [3.05, 3.63) is 35.4 Å². The summed E-state index contributed by atoms with van der Waals surface area (Å²) >= 11 is 0. The predicted octanol–water partition coefficient (Wildman–Crippen LogP) is 2.12. The summed E-state index contributed by atoms with van der Waals surface area (Å²) in [5, 5.41) is 8.68. The van der Waals surface area contributed by atoms with Gasteiger partial charge in [0, 0.05) is 50.4 Å². The van der Waals surface area contributed by atoms with E-state index >= 15 is 0 Å². The Kier molecular flexibility index (Phi) is 5.25. The summed E-state index contributed by atoms with van der Waals surface area (Å²) in [4.78, 5) is 14.8. The van der Waals surface area contributed by atoms with E-state index in [-0.39, 0.29) is 12.5 Å². The third kappa shape index (κ3) is 4.22. The van der Waals surface area contributed by atoms with Crippen molar-refractivity contribution in [1.29, 1.82) is 0 Å². The van der Waals surface area contributed by atoms with E-state index in [9.17, 15) is 13.6 Å². The van der Waals surface area contributed by atoms with Crippen molar-refractivity contribution in [3.63, 3.8) is 0 Å². The molecule has 0 amide bonds. The van der Waals surface area contributed by atoms with Crippen molar-refractivity contribution in [1.82, 2.24) is 9.80 Å². The number of hydrogen-bond acceptors (Lipinski definition) is 3. The highest BCUT2D eigenvalue weighted by molar-refractivity contribution is 5.66. The van der Waals surface area contributed by atoms with Gasteiger partial charge in [0.1, 0.15) is 11.6 Å². The summed E-state index contributed by atoms with van der Waals surface area (Å²) < 4.78 is 26.7. The second kappa shape index (κ2) is 6.95. The Hall–Kier alpha value is -1.53. The van der Waals surface area contributed by atoms with Gasteiger partial charge in [-0.25, -0.2) is 8.78 Å². The number of halogens is 2. The average Bonchev–Trinajstić information content (AvgIpc) is 2.45. The predicted molar refractivity (Wildman–Crippen MR) is 75.0 cm³/mol. The van der Waals surface area contributed by atoms with Crippen LogP contribution in [0.4, 0.5) is 8.78 Å². The molecule has 1 heterocycles. The van der Waals surface area contributed by atoms with Gasteiger partial charge in [0.25, 0.3) is 0 Å². The number of carboxylic acids is 1. The lowest BCUT2D eigenvalue weighted by Gasteiger charge is -2.38. The maximum atomic E-state index is 13.8. The van der Waals surface area contributed by atoms with Crippen molar-refractivity contribution in [2.45, 2.75) is 19.4 Å². The highest BCUT2D eigenvalue weighted by Crippen LogP contribution is 2.24. The minimum absolute atomic E-state index is 0.118. The van der Waals surface area contributed by atoms with E-state index in [1.165, 1.54) is 12.1 Å². The molecule has 1 atom stereocenters. The summed E-state index contributed by atoms with van der Waals surface area (Å²) in [5.41, 5.74) is 0.496. The first kappa shape index (κ1) is 15.9. The van der Waals surface area contributed by atoms with Crippen LogP contribution in [0.2, 0.25) is 0 Å². The molecule has 0 bridgehead atoms. The molecule has 1 aromatic carbocycles. The van der Waals surface area contributed by atoms with Crippen LogP contribution in [0, 0.1) is 11.6 Å². The first-order valence-electron chi connectivity index (χ1n) is 7.10. The fourth-order valence-electron chi connectivity index (χ4n) is 2.67. The Balaban J connectivity index is 1.90. The van der Waals surface area contributed by atoms with Gasteiger partial charge in [0.05, 0.1) is 6.42 Å². The van der Waals surface area contributed by atoms with Crippen molar-refractivity contribution >= 4 is 5.97 Å². The third-order valence-corrected chi connectivity index (χ3v) is 4.01. The molecule has 0 spiro atoms. The molecular formula is C15H20F2N2O2. The standard InChI is InChI=1S/C15H20F2N2O2/c1-11(13-3-2-12(16)10-14(13)17)19-8-6-18(7-9-19)5-4-15(20)21/h2-3,10-11H,4-9H2,1H3,(H,20,21)/t11-/m1/s1. The van der Waals surface area contributed by atoms with Crippen molar-refractivity contribution in [2.24, 2.45) is 0 Å². The fraction of sp³-hybridized carbons (Fsp3) is 0.533. The molecule has 1 aliphatic heterocycles. The normalized spacial score (nSPS) is 18.6. The van der Waals surface area contributed by atoms with Crippen LogP contribution in [0.15, 0.2) is 18.2 Å². The molecule has 1 saturated heterocycles. The van der Waals surface area contributed by atoms with Crippen LogP contribution in [0.3, 0.4) is 0 Å². The number of aliphatic carboxylic acids is 1. The lowest BCUT2D eigenvalue weighted by Crippen LogP contribution is -2.47. The molecule has 1 aliphatic rings. The third-order valence-electron chi connectivity index (χ3n) is 4.01. The molecule has 2 rings (SSSR count). The molecule has 6 heteroatoms. The van der Waals surface area contributed by atoms with Gasteiger partial charge < -0.3 is 10.0 Å². The molecule has 116 valence electrons. The second-order valence-corrected chi connectivity index (χ2v) is 5.36. The molecule has 4 nitrogen and oxygen atoms in total. The number of carbonyl (C=O) groups is 1. The first-order chi connectivity index (χ1) is 9.97. The van der Waals surface area contributed by atoms with Crippen LogP contribution in [0.25, 0.3) is 0 Å². The quantitative estimate of drug-likeness (QED) is 0.904. The molecule has 0 saturated carbocycles. The number of carboxylic acid groups (broad SMARTS) is 1. The molecule has 0 aliphatic carbocycles. The van der Waals surface area contributed by atoms with Crippen molar-refractivity contribution in [3.8, 4) is 0 Å². The monoisotopic (exact) mass is 298 g/mol. The van der Waals surface area contributed by atoms with Gasteiger partial charge >= 0.3 is 5.97 Å². The summed E-state index contributed by atoms with van der Waals surface area (Å²) in [6.07, 6.45) is 0.141. The van der Waals surface area contributed by atoms with Gasteiger partial charge in [0.2, 0.25) is 0 Å². The van der Waals surface area contributed by atoms with E-state index in [1.807, 2.05) is 6.92 Å². The maximum absolute atomic E-state index is 13.8. The van der Waals surface area contributed by atoms with E-state index in [4.69, 9.17) is 5.11 Å². The van der Waals surface area contributed by atoms with Crippen molar-refractivity contribution in [2.75, 3.05) is 32.7 Å². The largest absolute Gasteiger partial charge is 0.481 e. The lowest BCUT2D eigenvalue weighted by molar-refractivity contribution is -0.137. The Bertz CT molecular complexity index is 502. The zero-order chi connectivity index (χ0) is 15.4. The van der Waals surface area contributed by atoms with Gasteiger partial charge in [-0.05, 0) is 13.0 Å². The smallest absolute Gasteiger partial charge is 0.304 e. The van der Waals surface area contributed by atoms with Gasteiger partial charge in [-0.1, -0.05) is 6.07 Å². The molecule has 1 fully saturated rings. The Labute approximate surface area is 123 Å². The summed E-state index contributed by atoms with van der Waals surface area (Å²) in [7, 11) is 0. The maximum Gasteiger partial charge on any atom is 0.304 e. The molecule has 21 heavy (non-hydrogen) atoms. The lowest BCUT2D eigenvalue weighted by atomic mass is 10.1. The van der Waals surface area contributed by atoms with Crippen LogP contribution in [-0.2, 0) is 4.79 Å². The number of rotatable bonds is 5. The van der Waals surface area contributed by atoms with Crippen LogP contribution >= 0.6 is 0 Å². The Morgan fingerprint density at radius 1 is 1.29 bits per heavy atom. The highest BCUT2D eigenvalue weighted by atomic mass is 19.1. The van der Waals surface area contributed by atoms with Gasteiger partial charge in [-0.3, -0.25) is 9.69 Å². The second-order valence-electron chi connectivity index (χ2n) is 5.36. The van der Waals surface area contributed by atoms with Crippen molar-refractivity contribution < 1.29 is 18.7 Å². The van der Waals surface area contributed by atoms with Crippen LogP contribution < -0.4 is 0 Å². The van der Waals surface area contributed by atoms with Crippen LogP contribution in [0.1, 0.15) is 24.9 Å². The SMILES string of the molecule is C[C@H](c1ccc(F)cc1F)N1CCN(CCC(=O)O)CC1. The zero-order valence-corrected chi connectivity index (χ0v) is 12.1. The zero-order valence-electron chi connectivity index (χ0n) is 12.1. The summed E-state index contributed by atoms with van der Waals surface area (Å²) in [6, 6.07) is 3.56. The first-order valence-corrected chi connectivity index (χ1v) is 7.10. The van der Waals surface area contributed by atoms with E-state index in [1.54, 1.807) is 0 Å². The van der Waals surface area contributed by atoms with Crippen LogP contribution in [0.5, 0.6) is 0 Å². The fourth-order valence-corrected chi connectivity index (χ4v) is 2.67. The number of hydrogen-bond donors (Lipinski definition) is 1. The number of piperazine rings is 1. The molecule has 0 aromatic heterocycles. The van der Waals surface area contributed by atoms with Gasteiger partial charge in [-0.15, -0.1) is 0 Å². The summed E-state index contributed by atoms with van der Waals surface area (Å²) in [5.74, 6) is -1.88. The highest BCUT2D eigenvalue weighted by Gasteiger charge is 2.24. The molecule has 0 radical (unpaired) electrons. The Morgan fingerprint density at radius 2 is 1.95 bits per heavy atom. The van der Waals surface area contributed by atoms with E-state index < -0.39 is 17.6 Å². The van der Waals surface area contributed by atoms with Gasteiger partial charge in [-0.2, -0.15) is 0 Å².